The number of thioether (sulfide) groups is 1. The molecule has 1 fully saturated rings. The van der Waals surface area contributed by atoms with Gasteiger partial charge in [0.15, 0.2) is 0 Å². The Morgan fingerprint density at radius 3 is 2.58 bits per heavy atom. The van der Waals surface area contributed by atoms with Crippen LogP contribution in [0.5, 0.6) is 0 Å². The van der Waals surface area contributed by atoms with Crippen molar-refractivity contribution in [3.63, 3.8) is 0 Å². The van der Waals surface area contributed by atoms with Crippen LogP contribution in [0.4, 0.5) is 0 Å². The molecular formula is C11H14S. The van der Waals surface area contributed by atoms with Gasteiger partial charge in [0.1, 0.15) is 0 Å². The second-order valence-corrected chi connectivity index (χ2v) is 4.71. The van der Waals surface area contributed by atoms with Crippen molar-refractivity contribution in [2.45, 2.75) is 24.5 Å². The van der Waals surface area contributed by atoms with Crippen LogP contribution in [0.1, 0.15) is 18.4 Å². The van der Waals surface area contributed by atoms with Crippen LogP contribution in [-0.4, -0.2) is 11.0 Å². The lowest BCUT2D eigenvalue weighted by atomic mass is 10.1. The van der Waals surface area contributed by atoms with Crippen molar-refractivity contribution in [3.8, 4) is 0 Å². The van der Waals surface area contributed by atoms with Crippen molar-refractivity contribution in [1.82, 2.24) is 0 Å². The maximum absolute atomic E-state index is 2.23. The minimum Gasteiger partial charge on any atom is -0.159 e. The minimum atomic E-state index is 0.963. The molecule has 1 aromatic rings. The van der Waals surface area contributed by atoms with Crippen LogP contribution >= 0.6 is 11.8 Å². The second kappa shape index (κ2) is 3.99. The summed E-state index contributed by atoms with van der Waals surface area (Å²) in [5.41, 5.74) is 1.49. The van der Waals surface area contributed by atoms with E-state index in [1.165, 1.54) is 30.6 Å². The predicted molar refractivity (Wildman–Crippen MR) is 55.6 cm³/mol. The third-order valence-corrected chi connectivity index (χ3v) is 3.81. The van der Waals surface area contributed by atoms with Gasteiger partial charge in [-0.05, 0) is 30.6 Å². The van der Waals surface area contributed by atoms with Crippen molar-refractivity contribution in [1.29, 1.82) is 0 Å². The molecule has 0 amide bonds. The molecule has 0 bridgehead atoms. The highest BCUT2D eigenvalue weighted by atomic mass is 32.2. The smallest absolute Gasteiger partial charge is 0.00580 e. The predicted octanol–water partition coefficient (Wildman–Crippen LogP) is 3.12. The largest absolute Gasteiger partial charge is 0.159 e. The highest BCUT2D eigenvalue weighted by Crippen LogP contribution is 2.31. The molecule has 2 rings (SSSR count). The molecule has 1 aromatic carbocycles. The lowest BCUT2D eigenvalue weighted by molar-refractivity contribution is 0.708. The van der Waals surface area contributed by atoms with E-state index in [1.807, 2.05) is 0 Å². The number of benzene rings is 1. The molecule has 12 heavy (non-hydrogen) atoms. The minimum absolute atomic E-state index is 0.963. The summed E-state index contributed by atoms with van der Waals surface area (Å²) < 4.78 is 0. The van der Waals surface area contributed by atoms with Crippen LogP contribution in [-0.2, 0) is 6.42 Å². The lowest BCUT2D eigenvalue weighted by Crippen LogP contribution is -2.15. The summed E-state index contributed by atoms with van der Waals surface area (Å²) in [6.45, 7) is 0. The average molecular weight is 178 g/mol. The molecule has 0 N–H and O–H groups in total. The van der Waals surface area contributed by atoms with Crippen LogP contribution in [0.25, 0.3) is 0 Å². The highest BCUT2D eigenvalue weighted by Gasteiger charge is 2.16. The fraction of sp³-hybridized carbons (Fsp3) is 0.455. The molecule has 0 saturated carbocycles. The molecule has 1 heteroatoms. The number of rotatable bonds is 3. The van der Waals surface area contributed by atoms with E-state index in [4.69, 9.17) is 0 Å². The van der Waals surface area contributed by atoms with E-state index in [1.54, 1.807) is 0 Å². The van der Waals surface area contributed by atoms with Crippen molar-refractivity contribution < 1.29 is 0 Å². The molecule has 0 spiro atoms. The Morgan fingerprint density at radius 1 is 1.25 bits per heavy atom. The zero-order valence-electron chi connectivity index (χ0n) is 7.20. The summed E-state index contributed by atoms with van der Waals surface area (Å²) in [7, 11) is 0. The summed E-state index contributed by atoms with van der Waals surface area (Å²) in [4.78, 5) is 0. The van der Waals surface area contributed by atoms with Crippen LogP contribution in [0, 0.1) is 0 Å². The van der Waals surface area contributed by atoms with E-state index in [0.717, 1.165) is 5.25 Å². The molecule has 0 radical (unpaired) electrons. The van der Waals surface area contributed by atoms with Gasteiger partial charge >= 0.3 is 0 Å². The lowest BCUT2D eigenvalue weighted by Gasteiger charge is -2.24. The topological polar surface area (TPSA) is 0 Å². The van der Waals surface area contributed by atoms with Crippen molar-refractivity contribution in [2.75, 3.05) is 5.75 Å². The second-order valence-electron chi connectivity index (χ2n) is 3.31. The van der Waals surface area contributed by atoms with Gasteiger partial charge in [0.25, 0.3) is 0 Å². The standard InChI is InChI=1S/C11H14S/c1-2-4-10(5-3-1)6-7-11-8-9-12-11/h1-5,11H,6-9H2. The zero-order chi connectivity index (χ0) is 8.23. The normalized spacial score (nSPS) is 21.8. The van der Waals surface area contributed by atoms with Gasteiger partial charge in [0.05, 0.1) is 0 Å². The Kier molecular flexibility index (Phi) is 2.72. The monoisotopic (exact) mass is 178 g/mol. The van der Waals surface area contributed by atoms with Gasteiger partial charge in [-0.2, -0.15) is 11.8 Å². The first-order valence-electron chi connectivity index (χ1n) is 4.61. The Hall–Kier alpha value is -0.430. The van der Waals surface area contributed by atoms with E-state index in [0.29, 0.717) is 0 Å². The summed E-state index contributed by atoms with van der Waals surface area (Å²) >= 11 is 2.12. The van der Waals surface area contributed by atoms with E-state index in [9.17, 15) is 0 Å². The van der Waals surface area contributed by atoms with Crippen molar-refractivity contribution in [2.24, 2.45) is 0 Å². The zero-order valence-corrected chi connectivity index (χ0v) is 8.02. The third kappa shape index (κ3) is 2.04. The molecule has 64 valence electrons. The van der Waals surface area contributed by atoms with Gasteiger partial charge < -0.3 is 0 Å². The van der Waals surface area contributed by atoms with E-state index < -0.39 is 0 Å². The number of hydrogen-bond donors (Lipinski definition) is 0. The third-order valence-electron chi connectivity index (χ3n) is 2.39. The van der Waals surface area contributed by atoms with E-state index in [2.05, 4.69) is 42.1 Å². The van der Waals surface area contributed by atoms with Gasteiger partial charge in [0, 0.05) is 5.25 Å². The first kappa shape index (κ1) is 8.18. The van der Waals surface area contributed by atoms with Gasteiger partial charge in [0.2, 0.25) is 0 Å². The van der Waals surface area contributed by atoms with Gasteiger partial charge in [-0.1, -0.05) is 30.3 Å². The molecular weight excluding hydrogens is 164 g/mol. The molecule has 0 aliphatic carbocycles. The van der Waals surface area contributed by atoms with Gasteiger partial charge in [-0.15, -0.1) is 0 Å². The first-order valence-corrected chi connectivity index (χ1v) is 5.65. The SMILES string of the molecule is c1ccc(CCC2CCS2)cc1. The summed E-state index contributed by atoms with van der Waals surface area (Å²) in [6, 6.07) is 10.8. The Labute approximate surface area is 78.4 Å². The molecule has 0 aromatic heterocycles. The van der Waals surface area contributed by atoms with E-state index in [-0.39, 0.29) is 0 Å². The summed E-state index contributed by atoms with van der Waals surface area (Å²) in [6.07, 6.45) is 4.07. The van der Waals surface area contributed by atoms with Crippen LogP contribution in [0.2, 0.25) is 0 Å². The average Bonchev–Trinajstić information content (AvgIpc) is 2.04. The Bertz CT molecular complexity index is 226. The van der Waals surface area contributed by atoms with Crippen LogP contribution < -0.4 is 0 Å². The van der Waals surface area contributed by atoms with Gasteiger partial charge in [-0.25, -0.2) is 0 Å². The quantitative estimate of drug-likeness (QED) is 0.685. The number of aryl methyl sites for hydroxylation is 1. The summed E-state index contributed by atoms with van der Waals surface area (Å²) in [5.74, 6) is 1.39. The molecule has 1 heterocycles. The molecule has 0 nitrogen and oxygen atoms in total. The fourth-order valence-corrected chi connectivity index (χ4v) is 2.34. The Balaban J connectivity index is 1.79. The van der Waals surface area contributed by atoms with E-state index >= 15 is 0 Å². The van der Waals surface area contributed by atoms with Gasteiger partial charge in [-0.3, -0.25) is 0 Å². The maximum atomic E-state index is 2.23. The maximum Gasteiger partial charge on any atom is 0.00580 e. The molecule has 1 aliphatic heterocycles. The van der Waals surface area contributed by atoms with Crippen LogP contribution in [0.15, 0.2) is 30.3 Å². The summed E-state index contributed by atoms with van der Waals surface area (Å²) in [5, 5.41) is 0.963. The van der Waals surface area contributed by atoms with Crippen molar-refractivity contribution >= 4 is 11.8 Å². The number of hydrogen-bond acceptors (Lipinski definition) is 1. The fourth-order valence-electron chi connectivity index (χ4n) is 1.48. The first-order chi connectivity index (χ1) is 5.95. The highest BCUT2D eigenvalue weighted by molar-refractivity contribution is 8.01. The van der Waals surface area contributed by atoms with Crippen molar-refractivity contribution in [3.05, 3.63) is 35.9 Å². The Morgan fingerprint density at radius 2 is 2.00 bits per heavy atom. The molecule has 1 saturated heterocycles. The molecule has 1 atom stereocenters. The molecule has 1 unspecified atom stereocenters. The molecule has 1 aliphatic rings. The van der Waals surface area contributed by atoms with Crippen LogP contribution in [0.3, 0.4) is 0 Å².